The maximum atomic E-state index is 11.2. The standard InChI is InChI=1S/C12H9BrO3/c1-15-12(14)9-6-11(16-7-9)8-3-2-4-10(13)5-8/h2-7H,1H3. The van der Waals surface area contributed by atoms with Gasteiger partial charge in [0.05, 0.1) is 12.7 Å². The number of benzene rings is 1. The maximum Gasteiger partial charge on any atom is 0.341 e. The lowest BCUT2D eigenvalue weighted by molar-refractivity contribution is 0.0600. The van der Waals surface area contributed by atoms with Crippen LogP contribution < -0.4 is 0 Å². The number of furan rings is 1. The van der Waals surface area contributed by atoms with Crippen molar-refractivity contribution in [2.75, 3.05) is 7.11 Å². The number of hydrogen-bond donors (Lipinski definition) is 0. The van der Waals surface area contributed by atoms with E-state index in [2.05, 4.69) is 20.7 Å². The molecule has 16 heavy (non-hydrogen) atoms. The number of halogens is 1. The summed E-state index contributed by atoms with van der Waals surface area (Å²) in [5.74, 6) is 0.242. The molecule has 0 fully saturated rings. The molecule has 4 heteroatoms. The van der Waals surface area contributed by atoms with E-state index in [0.717, 1.165) is 10.0 Å². The minimum Gasteiger partial charge on any atom is -0.465 e. The van der Waals surface area contributed by atoms with Gasteiger partial charge < -0.3 is 9.15 Å². The highest BCUT2D eigenvalue weighted by molar-refractivity contribution is 9.10. The Morgan fingerprint density at radius 1 is 1.38 bits per heavy atom. The van der Waals surface area contributed by atoms with Crippen LogP contribution in [0.15, 0.2) is 45.5 Å². The molecule has 0 aliphatic heterocycles. The molecule has 0 N–H and O–H groups in total. The number of carbonyl (C=O) groups excluding carboxylic acids is 1. The van der Waals surface area contributed by atoms with Gasteiger partial charge in [0.15, 0.2) is 0 Å². The van der Waals surface area contributed by atoms with Gasteiger partial charge in [-0.05, 0) is 18.2 Å². The van der Waals surface area contributed by atoms with E-state index in [1.165, 1.54) is 13.4 Å². The molecule has 3 nitrogen and oxygen atoms in total. The molecule has 0 bridgehead atoms. The summed E-state index contributed by atoms with van der Waals surface area (Å²) in [6, 6.07) is 9.31. The molecular formula is C12H9BrO3. The number of methoxy groups -OCH3 is 1. The topological polar surface area (TPSA) is 39.4 Å². The predicted octanol–water partition coefficient (Wildman–Crippen LogP) is 3.50. The molecule has 0 saturated heterocycles. The van der Waals surface area contributed by atoms with E-state index in [0.29, 0.717) is 11.3 Å². The summed E-state index contributed by atoms with van der Waals surface area (Å²) in [5, 5.41) is 0. The van der Waals surface area contributed by atoms with Crippen molar-refractivity contribution in [2.24, 2.45) is 0 Å². The van der Waals surface area contributed by atoms with Crippen molar-refractivity contribution in [1.82, 2.24) is 0 Å². The van der Waals surface area contributed by atoms with E-state index >= 15 is 0 Å². The van der Waals surface area contributed by atoms with Crippen LogP contribution >= 0.6 is 15.9 Å². The largest absolute Gasteiger partial charge is 0.465 e. The zero-order chi connectivity index (χ0) is 11.5. The first kappa shape index (κ1) is 11.0. The van der Waals surface area contributed by atoms with E-state index in [-0.39, 0.29) is 0 Å². The summed E-state index contributed by atoms with van der Waals surface area (Å²) in [5.41, 5.74) is 1.32. The third kappa shape index (κ3) is 2.17. The Morgan fingerprint density at radius 3 is 2.88 bits per heavy atom. The summed E-state index contributed by atoms with van der Waals surface area (Å²) < 4.78 is 10.9. The highest BCUT2D eigenvalue weighted by Gasteiger charge is 2.11. The maximum absolute atomic E-state index is 11.2. The second kappa shape index (κ2) is 4.53. The van der Waals surface area contributed by atoms with Crippen molar-refractivity contribution in [3.8, 4) is 11.3 Å². The normalized spacial score (nSPS) is 10.1. The molecule has 0 aliphatic carbocycles. The van der Waals surface area contributed by atoms with Crippen LogP contribution in [0.5, 0.6) is 0 Å². The van der Waals surface area contributed by atoms with Gasteiger partial charge in [-0.2, -0.15) is 0 Å². The molecule has 82 valence electrons. The summed E-state index contributed by atoms with van der Waals surface area (Å²) in [6.45, 7) is 0. The fourth-order valence-corrected chi connectivity index (χ4v) is 1.75. The van der Waals surface area contributed by atoms with E-state index in [9.17, 15) is 4.79 Å². The lowest BCUT2D eigenvalue weighted by atomic mass is 10.1. The van der Waals surface area contributed by atoms with Crippen LogP contribution in [0.3, 0.4) is 0 Å². The zero-order valence-corrected chi connectivity index (χ0v) is 10.2. The van der Waals surface area contributed by atoms with E-state index in [4.69, 9.17) is 4.42 Å². The zero-order valence-electron chi connectivity index (χ0n) is 8.57. The van der Waals surface area contributed by atoms with Gasteiger partial charge in [0.25, 0.3) is 0 Å². The van der Waals surface area contributed by atoms with Crippen molar-refractivity contribution in [3.05, 3.63) is 46.6 Å². The summed E-state index contributed by atoms with van der Waals surface area (Å²) >= 11 is 3.38. The van der Waals surface area contributed by atoms with Gasteiger partial charge in [0.2, 0.25) is 0 Å². The predicted molar refractivity (Wildman–Crippen MR) is 63.2 cm³/mol. The van der Waals surface area contributed by atoms with Crippen molar-refractivity contribution in [3.63, 3.8) is 0 Å². The van der Waals surface area contributed by atoms with E-state index in [1.54, 1.807) is 6.07 Å². The molecule has 1 aromatic carbocycles. The molecule has 2 rings (SSSR count). The van der Waals surface area contributed by atoms with Gasteiger partial charge in [-0.25, -0.2) is 4.79 Å². The lowest BCUT2D eigenvalue weighted by Gasteiger charge is -1.96. The number of ether oxygens (including phenoxy) is 1. The molecule has 0 unspecified atom stereocenters. The van der Waals surface area contributed by atoms with Crippen LogP contribution in [0.2, 0.25) is 0 Å². The quantitative estimate of drug-likeness (QED) is 0.791. The molecule has 1 heterocycles. The van der Waals surface area contributed by atoms with E-state index < -0.39 is 5.97 Å². The molecule has 0 atom stereocenters. The van der Waals surface area contributed by atoms with Crippen molar-refractivity contribution >= 4 is 21.9 Å². The molecule has 0 amide bonds. The number of hydrogen-bond acceptors (Lipinski definition) is 3. The second-order valence-corrected chi connectivity index (χ2v) is 4.12. The Morgan fingerprint density at radius 2 is 2.19 bits per heavy atom. The van der Waals surface area contributed by atoms with Crippen molar-refractivity contribution in [1.29, 1.82) is 0 Å². The van der Waals surface area contributed by atoms with Crippen LogP contribution in [0.1, 0.15) is 10.4 Å². The van der Waals surface area contributed by atoms with Gasteiger partial charge in [0.1, 0.15) is 12.0 Å². The number of esters is 1. The summed E-state index contributed by atoms with van der Waals surface area (Å²) in [6.07, 6.45) is 1.39. The third-order valence-electron chi connectivity index (χ3n) is 2.13. The highest BCUT2D eigenvalue weighted by atomic mass is 79.9. The molecule has 0 radical (unpaired) electrons. The SMILES string of the molecule is COC(=O)c1coc(-c2cccc(Br)c2)c1. The number of rotatable bonds is 2. The summed E-state index contributed by atoms with van der Waals surface area (Å²) in [7, 11) is 1.34. The summed E-state index contributed by atoms with van der Waals surface area (Å²) in [4.78, 5) is 11.2. The first-order valence-corrected chi connectivity index (χ1v) is 5.43. The average Bonchev–Trinajstić information content (AvgIpc) is 2.77. The number of carbonyl (C=O) groups is 1. The third-order valence-corrected chi connectivity index (χ3v) is 2.62. The molecule has 0 aliphatic rings. The van der Waals surface area contributed by atoms with Gasteiger partial charge in [-0.15, -0.1) is 0 Å². The molecular weight excluding hydrogens is 272 g/mol. The molecule has 2 aromatic rings. The Balaban J connectivity index is 2.35. The van der Waals surface area contributed by atoms with E-state index in [1.807, 2.05) is 24.3 Å². The second-order valence-electron chi connectivity index (χ2n) is 3.20. The van der Waals surface area contributed by atoms with Gasteiger partial charge in [-0.3, -0.25) is 0 Å². The molecule has 0 saturated carbocycles. The Hall–Kier alpha value is -1.55. The Labute approximate surface area is 101 Å². The lowest BCUT2D eigenvalue weighted by Crippen LogP contribution is -1.98. The molecule has 0 spiro atoms. The minimum absolute atomic E-state index is 0.398. The fraction of sp³-hybridized carbons (Fsp3) is 0.0833. The van der Waals surface area contributed by atoms with Crippen molar-refractivity contribution < 1.29 is 13.9 Å². The Bertz CT molecular complexity index is 516. The molecule has 1 aromatic heterocycles. The van der Waals surface area contributed by atoms with Crippen LogP contribution in [0, 0.1) is 0 Å². The first-order chi connectivity index (χ1) is 7.70. The fourth-order valence-electron chi connectivity index (χ4n) is 1.35. The van der Waals surface area contributed by atoms with Crippen LogP contribution in [-0.4, -0.2) is 13.1 Å². The van der Waals surface area contributed by atoms with Gasteiger partial charge in [-0.1, -0.05) is 28.1 Å². The van der Waals surface area contributed by atoms with Crippen LogP contribution in [-0.2, 0) is 4.74 Å². The van der Waals surface area contributed by atoms with Gasteiger partial charge in [0, 0.05) is 10.0 Å². The Kier molecular flexibility index (Phi) is 3.10. The minimum atomic E-state index is -0.398. The smallest absolute Gasteiger partial charge is 0.341 e. The highest BCUT2D eigenvalue weighted by Crippen LogP contribution is 2.25. The monoisotopic (exact) mass is 280 g/mol. The van der Waals surface area contributed by atoms with Crippen molar-refractivity contribution in [2.45, 2.75) is 0 Å². The van der Waals surface area contributed by atoms with Crippen LogP contribution in [0.25, 0.3) is 11.3 Å². The first-order valence-electron chi connectivity index (χ1n) is 4.63. The average molecular weight is 281 g/mol. The van der Waals surface area contributed by atoms with Crippen LogP contribution in [0.4, 0.5) is 0 Å². The van der Waals surface area contributed by atoms with Gasteiger partial charge >= 0.3 is 5.97 Å².